The largest absolute Gasteiger partial charge is 0.342 e. The second kappa shape index (κ2) is 4.65. The van der Waals surface area contributed by atoms with Crippen LogP contribution in [0.3, 0.4) is 0 Å². The highest BCUT2D eigenvalue weighted by atomic mass is 79.9. The number of hydrogen-bond donors (Lipinski definition) is 0. The highest BCUT2D eigenvalue weighted by Gasteiger charge is 2.30. The van der Waals surface area contributed by atoms with E-state index in [-0.39, 0.29) is 5.91 Å². The molecule has 0 aromatic carbocycles. The summed E-state index contributed by atoms with van der Waals surface area (Å²) in [7, 11) is 0. The Morgan fingerprint density at radius 2 is 2.07 bits per heavy atom. The lowest BCUT2D eigenvalue weighted by molar-refractivity contribution is -0.133. The first kappa shape index (κ1) is 12.0. The van der Waals surface area contributed by atoms with E-state index in [4.69, 9.17) is 0 Å². The molecule has 0 N–H and O–H groups in total. The van der Waals surface area contributed by atoms with Crippen molar-refractivity contribution in [3.05, 3.63) is 0 Å². The van der Waals surface area contributed by atoms with Crippen molar-refractivity contribution in [2.45, 2.75) is 44.4 Å². The second-order valence-electron chi connectivity index (χ2n) is 4.61. The lowest BCUT2D eigenvalue weighted by Gasteiger charge is -2.34. The van der Waals surface area contributed by atoms with E-state index in [0.29, 0.717) is 0 Å². The fourth-order valence-electron chi connectivity index (χ4n) is 1.72. The van der Waals surface area contributed by atoms with Crippen LogP contribution in [0.1, 0.15) is 40.0 Å². The molecule has 0 atom stereocenters. The molecule has 1 saturated carbocycles. The van der Waals surface area contributed by atoms with Crippen LogP contribution in [0.5, 0.6) is 0 Å². The van der Waals surface area contributed by atoms with Crippen LogP contribution in [0.2, 0.25) is 0 Å². The van der Waals surface area contributed by atoms with Crippen molar-refractivity contribution in [1.82, 2.24) is 4.90 Å². The molecule has 3 heteroatoms. The van der Waals surface area contributed by atoms with Crippen LogP contribution in [0, 0.1) is 5.92 Å². The van der Waals surface area contributed by atoms with Gasteiger partial charge in [-0.15, -0.1) is 0 Å². The average molecular weight is 262 g/mol. The zero-order valence-electron chi connectivity index (χ0n) is 9.35. The van der Waals surface area contributed by atoms with Gasteiger partial charge in [-0.1, -0.05) is 22.4 Å². The summed E-state index contributed by atoms with van der Waals surface area (Å²) in [5.74, 6) is 0.973. The van der Waals surface area contributed by atoms with Crippen LogP contribution in [0.4, 0.5) is 0 Å². The highest BCUT2D eigenvalue weighted by Crippen LogP contribution is 2.28. The molecule has 0 heterocycles. The lowest BCUT2D eigenvalue weighted by Crippen LogP contribution is -2.44. The minimum Gasteiger partial charge on any atom is -0.342 e. The molecule has 14 heavy (non-hydrogen) atoms. The Morgan fingerprint density at radius 1 is 1.50 bits per heavy atom. The molecule has 0 unspecified atom stereocenters. The van der Waals surface area contributed by atoms with Gasteiger partial charge in [-0.05, 0) is 39.5 Å². The molecule has 1 rings (SSSR count). The van der Waals surface area contributed by atoms with E-state index in [0.717, 1.165) is 19.0 Å². The zero-order chi connectivity index (χ0) is 10.8. The third kappa shape index (κ3) is 2.97. The summed E-state index contributed by atoms with van der Waals surface area (Å²) in [5, 5.41) is 0. The fraction of sp³-hybridized carbons (Fsp3) is 0.909. The zero-order valence-corrected chi connectivity index (χ0v) is 10.9. The normalized spacial score (nSPS) is 17.7. The molecule has 2 nitrogen and oxygen atoms in total. The van der Waals surface area contributed by atoms with Crippen molar-refractivity contribution in [3.8, 4) is 0 Å². The third-order valence-electron chi connectivity index (χ3n) is 2.88. The summed E-state index contributed by atoms with van der Waals surface area (Å²) in [6.45, 7) is 7.65. The van der Waals surface area contributed by atoms with Gasteiger partial charge in [0.25, 0.3) is 0 Å². The van der Waals surface area contributed by atoms with Gasteiger partial charge in [0.1, 0.15) is 0 Å². The van der Waals surface area contributed by atoms with Gasteiger partial charge in [0.15, 0.2) is 0 Å². The summed E-state index contributed by atoms with van der Waals surface area (Å²) >= 11 is 3.42. The smallest absolute Gasteiger partial charge is 0.238 e. The number of rotatable bonds is 4. The maximum atomic E-state index is 12.0. The van der Waals surface area contributed by atoms with Crippen LogP contribution in [-0.4, -0.2) is 28.2 Å². The first-order chi connectivity index (χ1) is 6.45. The van der Waals surface area contributed by atoms with E-state index in [1.54, 1.807) is 0 Å². The van der Waals surface area contributed by atoms with E-state index in [9.17, 15) is 4.79 Å². The molecule has 0 aromatic heterocycles. The van der Waals surface area contributed by atoms with Crippen molar-refractivity contribution in [3.63, 3.8) is 0 Å². The van der Waals surface area contributed by atoms with Gasteiger partial charge in [-0.25, -0.2) is 0 Å². The number of alkyl halides is 1. The summed E-state index contributed by atoms with van der Waals surface area (Å²) in [4.78, 5) is 13.9. The van der Waals surface area contributed by atoms with Gasteiger partial charge in [0.2, 0.25) is 5.91 Å². The Morgan fingerprint density at radius 3 is 2.36 bits per heavy atom. The molecular formula is C11H20BrNO. The van der Waals surface area contributed by atoms with E-state index in [2.05, 4.69) is 22.9 Å². The standard InChI is InChI=1S/C11H20BrNO/c1-4-13(8-9-6-5-7-9)10(14)11(2,3)12/h9H,4-8H2,1-3H3. The van der Waals surface area contributed by atoms with Crippen molar-refractivity contribution >= 4 is 21.8 Å². The lowest BCUT2D eigenvalue weighted by atomic mass is 9.85. The Bertz CT molecular complexity index is 206. The van der Waals surface area contributed by atoms with Crippen LogP contribution >= 0.6 is 15.9 Å². The van der Waals surface area contributed by atoms with Gasteiger partial charge in [-0.3, -0.25) is 4.79 Å². The second-order valence-corrected chi connectivity index (χ2v) is 6.60. The van der Waals surface area contributed by atoms with E-state index in [1.807, 2.05) is 18.7 Å². The first-order valence-electron chi connectivity index (χ1n) is 5.43. The number of nitrogens with zero attached hydrogens (tertiary/aromatic N) is 1. The van der Waals surface area contributed by atoms with E-state index >= 15 is 0 Å². The van der Waals surface area contributed by atoms with Crippen LogP contribution in [0.25, 0.3) is 0 Å². The number of amides is 1. The predicted molar refractivity (Wildman–Crippen MR) is 62.6 cm³/mol. The molecule has 0 saturated heterocycles. The topological polar surface area (TPSA) is 20.3 Å². The molecule has 1 aliphatic rings. The van der Waals surface area contributed by atoms with Crippen molar-refractivity contribution in [1.29, 1.82) is 0 Å². The Labute approximate surface area is 95.2 Å². The molecule has 0 radical (unpaired) electrons. The Hall–Kier alpha value is -0.0500. The summed E-state index contributed by atoms with van der Waals surface area (Å²) in [6, 6.07) is 0. The minimum absolute atomic E-state index is 0.215. The highest BCUT2D eigenvalue weighted by molar-refractivity contribution is 9.10. The van der Waals surface area contributed by atoms with Gasteiger partial charge in [0.05, 0.1) is 4.32 Å². The first-order valence-corrected chi connectivity index (χ1v) is 6.22. The summed E-state index contributed by atoms with van der Waals surface area (Å²) in [6.07, 6.45) is 3.94. The predicted octanol–water partition coefficient (Wildman–Crippen LogP) is 2.81. The molecule has 1 fully saturated rings. The monoisotopic (exact) mass is 261 g/mol. The molecule has 1 amide bonds. The fourth-order valence-corrected chi connectivity index (χ4v) is 1.97. The molecule has 0 aliphatic heterocycles. The number of carbonyl (C=O) groups is 1. The third-order valence-corrected chi connectivity index (χ3v) is 3.22. The molecular weight excluding hydrogens is 242 g/mol. The van der Waals surface area contributed by atoms with Crippen molar-refractivity contribution in [2.24, 2.45) is 5.92 Å². The van der Waals surface area contributed by atoms with Crippen LogP contribution in [0.15, 0.2) is 0 Å². The molecule has 0 bridgehead atoms. The van der Waals surface area contributed by atoms with Gasteiger partial charge >= 0.3 is 0 Å². The van der Waals surface area contributed by atoms with E-state index < -0.39 is 4.32 Å². The van der Waals surface area contributed by atoms with Crippen molar-refractivity contribution in [2.75, 3.05) is 13.1 Å². The molecule has 0 spiro atoms. The van der Waals surface area contributed by atoms with Crippen LogP contribution < -0.4 is 0 Å². The number of carbonyl (C=O) groups excluding carboxylic acids is 1. The van der Waals surface area contributed by atoms with Gasteiger partial charge in [0, 0.05) is 13.1 Å². The summed E-state index contributed by atoms with van der Waals surface area (Å²) < 4.78 is -0.410. The SMILES string of the molecule is CCN(CC1CCC1)C(=O)C(C)(C)Br. The molecule has 0 aromatic rings. The van der Waals surface area contributed by atoms with Gasteiger partial charge in [-0.2, -0.15) is 0 Å². The Balaban J connectivity index is 2.47. The average Bonchev–Trinajstić information content (AvgIpc) is 2.00. The van der Waals surface area contributed by atoms with Crippen molar-refractivity contribution < 1.29 is 4.79 Å². The van der Waals surface area contributed by atoms with Crippen LogP contribution in [-0.2, 0) is 4.79 Å². The number of hydrogen-bond acceptors (Lipinski definition) is 1. The minimum atomic E-state index is -0.410. The van der Waals surface area contributed by atoms with Gasteiger partial charge < -0.3 is 4.90 Å². The maximum Gasteiger partial charge on any atom is 0.238 e. The Kier molecular flexibility index (Phi) is 3.99. The number of halogens is 1. The molecule has 1 aliphatic carbocycles. The van der Waals surface area contributed by atoms with E-state index in [1.165, 1.54) is 19.3 Å². The summed E-state index contributed by atoms with van der Waals surface area (Å²) in [5.41, 5.74) is 0. The molecule has 82 valence electrons. The quantitative estimate of drug-likeness (QED) is 0.713. The maximum absolute atomic E-state index is 12.0.